The molecule has 0 saturated heterocycles. The molecular formula is C22H20ClF3N4O2S. The topological polar surface area (TPSA) is 69.0 Å². The molecule has 6 nitrogen and oxygen atoms in total. The fraction of sp³-hybridized carbons (Fsp3) is 0.227. The highest BCUT2D eigenvalue weighted by atomic mass is 35.5. The summed E-state index contributed by atoms with van der Waals surface area (Å²) in [5, 5.41) is 11.4. The predicted molar refractivity (Wildman–Crippen MR) is 122 cm³/mol. The van der Waals surface area contributed by atoms with E-state index < -0.39 is 23.8 Å². The van der Waals surface area contributed by atoms with E-state index in [2.05, 4.69) is 22.1 Å². The summed E-state index contributed by atoms with van der Waals surface area (Å²) >= 11 is 7.19. The van der Waals surface area contributed by atoms with Crippen LogP contribution in [0.3, 0.4) is 0 Å². The van der Waals surface area contributed by atoms with Crippen molar-refractivity contribution in [2.75, 3.05) is 11.1 Å². The first kappa shape index (κ1) is 24.7. The third-order valence-electron chi connectivity index (χ3n) is 4.40. The molecule has 0 radical (unpaired) electrons. The number of amides is 1. The van der Waals surface area contributed by atoms with Crippen LogP contribution in [0, 0.1) is 0 Å². The van der Waals surface area contributed by atoms with Gasteiger partial charge in [0.05, 0.1) is 22.0 Å². The maximum Gasteiger partial charge on any atom is 0.418 e. The zero-order valence-electron chi connectivity index (χ0n) is 17.5. The quantitative estimate of drug-likeness (QED) is 0.290. The van der Waals surface area contributed by atoms with Gasteiger partial charge in [-0.3, -0.25) is 9.36 Å². The third kappa shape index (κ3) is 6.29. The summed E-state index contributed by atoms with van der Waals surface area (Å²) in [5.41, 5.74) is -1.21. The SMILES string of the molecule is C=CCn1c(SCC(=O)Nc2ccccc2C(F)(F)F)nnc1C(C)Oc1ccccc1Cl. The minimum atomic E-state index is -4.58. The Morgan fingerprint density at radius 2 is 1.94 bits per heavy atom. The molecule has 1 heterocycles. The summed E-state index contributed by atoms with van der Waals surface area (Å²) in [5.74, 6) is 0.199. The van der Waals surface area contributed by atoms with Crippen molar-refractivity contribution in [2.45, 2.75) is 30.9 Å². The molecular weight excluding hydrogens is 477 g/mol. The molecule has 1 unspecified atom stereocenters. The largest absolute Gasteiger partial charge is 0.481 e. The maximum atomic E-state index is 13.1. The van der Waals surface area contributed by atoms with E-state index in [0.29, 0.717) is 28.3 Å². The van der Waals surface area contributed by atoms with Gasteiger partial charge in [0.25, 0.3) is 0 Å². The molecule has 0 aliphatic rings. The van der Waals surface area contributed by atoms with E-state index in [0.717, 1.165) is 17.8 Å². The Morgan fingerprint density at radius 1 is 1.24 bits per heavy atom. The molecule has 0 spiro atoms. The van der Waals surface area contributed by atoms with Gasteiger partial charge >= 0.3 is 6.18 Å². The number of halogens is 4. The summed E-state index contributed by atoms with van der Waals surface area (Å²) in [7, 11) is 0. The van der Waals surface area contributed by atoms with E-state index in [1.807, 2.05) is 0 Å². The van der Waals surface area contributed by atoms with Crippen LogP contribution in [0.2, 0.25) is 5.02 Å². The smallest absolute Gasteiger partial charge is 0.418 e. The van der Waals surface area contributed by atoms with Crippen molar-refractivity contribution in [2.24, 2.45) is 0 Å². The van der Waals surface area contributed by atoms with E-state index >= 15 is 0 Å². The van der Waals surface area contributed by atoms with Crippen LogP contribution < -0.4 is 10.1 Å². The molecule has 3 rings (SSSR count). The Labute approximate surface area is 197 Å². The number of rotatable bonds is 9. The molecule has 0 aliphatic heterocycles. The Morgan fingerprint density at radius 3 is 2.64 bits per heavy atom. The first-order valence-electron chi connectivity index (χ1n) is 9.74. The van der Waals surface area contributed by atoms with Crippen LogP contribution in [0.4, 0.5) is 18.9 Å². The lowest BCUT2D eigenvalue weighted by atomic mass is 10.1. The van der Waals surface area contributed by atoms with Gasteiger partial charge in [-0.05, 0) is 31.2 Å². The van der Waals surface area contributed by atoms with Gasteiger partial charge in [0.2, 0.25) is 5.91 Å². The Balaban J connectivity index is 1.71. The van der Waals surface area contributed by atoms with Crippen molar-refractivity contribution in [1.29, 1.82) is 0 Å². The molecule has 3 aromatic rings. The van der Waals surface area contributed by atoms with Gasteiger partial charge in [-0.2, -0.15) is 13.2 Å². The highest BCUT2D eigenvalue weighted by Gasteiger charge is 2.33. The summed E-state index contributed by atoms with van der Waals surface area (Å²) in [6, 6.07) is 11.8. The number of allylic oxidation sites excluding steroid dienone is 1. The number of anilines is 1. The molecule has 0 aliphatic carbocycles. The monoisotopic (exact) mass is 496 g/mol. The summed E-state index contributed by atoms with van der Waals surface area (Å²) in [6.07, 6.45) is -3.45. The standard InChI is InChI=1S/C22H20ClF3N4O2S/c1-3-12-30-20(14(2)32-18-11-7-5-9-16(18)23)28-29-21(30)33-13-19(31)27-17-10-6-4-8-15(17)22(24,25)26/h3-11,14H,1,12-13H2,2H3,(H,27,31). The van der Waals surface area contributed by atoms with Gasteiger partial charge in [0.15, 0.2) is 17.1 Å². The fourth-order valence-corrected chi connectivity index (χ4v) is 3.88. The summed E-state index contributed by atoms with van der Waals surface area (Å²) in [4.78, 5) is 12.3. The second kappa shape index (κ2) is 10.8. The van der Waals surface area contributed by atoms with Crippen molar-refractivity contribution in [3.63, 3.8) is 0 Å². The number of hydrogen-bond donors (Lipinski definition) is 1. The van der Waals surface area contributed by atoms with Crippen LogP contribution in [0.25, 0.3) is 0 Å². The van der Waals surface area contributed by atoms with Crippen molar-refractivity contribution < 1.29 is 22.7 Å². The molecule has 2 aromatic carbocycles. The number of carbonyl (C=O) groups excluding carboxylic acids is 1. The van der Waals surface area contributed by atoms with Gasteiger partial charge in [0.1, 0.15) is 5.75 Å². The number of para-hydroxylation sites is 2. The van der Waals surface area contributed by atoms with E-state index in [-0.39, 0.29) is 11.4 Å². The van der Waals surface area contributed by atoms with E-state index in [9.17, 15) is 18.0 Å². The number of ether oxygens (including phenoxy) is 1. The first-order chi connectivity index (χ1) is 15.7. The second-order valence-corrected chi connectivity index (χ2v) is 8.16. The summed E-state index contributed by atoms with van der Waals surface area (Å²) in [6.45, 7) is 5.85. The molecule has 1 amide bonds. The Bertz CT molecular complexity index is 1140. The van der Waals surface area contributed by atoms with Crippen LogP contribution in [-0.2, 0) is 17.5 Å². The number of hydrogen-bond acceptors (Lipinski definition) is 5. The molecule has 1 atom stereocenters. The number of benzene rings is 2. The Hall–Kier alpha value is -2.98. The number of carbonyl (C=O) groups is 1. The van der Waals surface area contributed by atoms with Crippen LogP contribution in [0.1, 0.15) is 24.4 Å². The zero-order chi connectivity index (χ0) is 24.0. The molecule has 174 valence electrons. The van der Waals surface area contributed by atoms with E-state index in [1.165, 1.54) is 18.2 Å². The van der Waals surface area contributed by atoms with E-state index in [1.54, 1.807) is 41.8 Å². The van der Waals surface area contributed by atoms with Crippen molar-refractivity contribution in [3.8, 4) is 5.75 Å². The molecule has 0 fully saturated rings. The molecule has 33 heavy (non-hydrogen) atoms. The summed E-state index contributed by atoms with van der Waals surface area (Å²) < 4.78 is 47.0. The van der Waals surface area contributed by atoms with Crippen LogP contribution in [-0.4, -0.2) is 26.4 Å². The molecule has 0 saturated carbocycles. The molecule has 11 heteroatoms. The van der Waals surface area contributed by atoms with Gasteiger partial charge in [0, 0.05) is 6.54 Å². The fourth-order valence-electron chi connectivity index (χ4n) is 2.95. The average Bonchev–Trinajstić information content (AvgIpc) is 3.16. The minimum absolute atomic E-state index is 0.165. The Kier molecular flexibility index (Phi) is 8.04. The van der Waals surface area contributed by atoms with Gasteiger partial charge in [-0.1, -0.05) is 53.7 Å². The lowest BCUT2D eigenvalue weighted by molar-refractivity contribution is -0.137. The van der Waals surface area contributed by atoms with Crippen LogP contribution in [0.5, 0.6) is 5.75 Å². The lowest BCUT2D eigenvalue weighted by Gasteiger charge is -2.16. The minimum Gasteiger partial charge on any atom is -0.481 e. The predicted octanol–water partition coefficient (Wildman–Crippen LogP) is 6.01. The van der Waals surface area contributed by atoms with Crippen molar-refractivity contribution >= 4 is 35.0 Å². The number of thioether (sulfide) groups is 1. The highest BCUT2D eigenvalue weighted by Crippen LogP contribution is 2.35. The number of aromatic nitrogens is 3. The first-order valence-corrected chi connectivity index (χ1v) is 11.1. The number of alkyl halides is 3. The zero-order valence-corrected chi connectivity index (χ0v) is 19.0. The number of nitrogens with one attached hydrogen (secondary N) is 1. The van der Waals surface area contributed by atoms with Crippen LogP contribution >= 0.6 is 23.4 Å². The van der Waals surface area contributed by atoms with Gasteiger partial charge in [-0.15, -0.1) is 16.8 Å². The maximum absolute atomic E-state index is 13.1. The van der Waals surface area contributed by atoms with Crippen LogP contribution in [0.15, 0.2) is 66.3 Å². The second-order valence-electron chi connectivity index (χ2n) is 6.81. The number of nitrogens with zero attached hydrogens (tertiary/aromatic N) is 3. The normalized spacial score (nSPS) is 12.3. The molecule has 1 N–H and O–H groups in total. The highest BCUT2D eigenvalue weighted by molar-refractivity contribution is 7.99. The average molecular weight is 497 g/mol. The van der Waals surface area contributed by atoms with Crippen molar-refractivity contribution in [1.82, 2.24) is 14.8 Å². The molecule has 0 bridgehead atoms. The van der Waals surface area contributed by atoms with Gasteiger partial charge < -0.3 is 10.1 Å². The van der Waals surface area contributed by atoms with E-state index in [4.69, 9.17) is 16.3 Å². The van der Waals surface area contributed by atoms with Crippen molar-refractivity contribution in [3.05, 3.63) is 77.6 Å². The lowest BCUT2D eigenvalue weighted by Crippen LogP contribution is -2.18. The van der Waals surface area contributed by atoms with Gasteiger partial charge in [-0.25, -0.2) is 0 Å². The molecule has 1 aromatic heterocycles. The third-order valence-corrected chi connectivity index (χ3v) is 5.68.